The minimum absolute atomic E-state index is 0.119. The van der Waals surface area contributed by atoms with Gasteiger partial charge in [-0.3, -0.25) is 4.79 Å². The Bertz CT molecular complexity index is 644. The van der Waals surface area contributed by atoms with E-state index in [1.807, 2.05) is 25.1 Å². The normalized spacial score (nSPS) is 10.3. The van der Waals surface area contributed by atoms with Gasteiger partial charge in [-0.2, -0.15) is 0 Å². The number of carbonyl (C=O) groups excluding carboxylic acids is 1. The maximum absolute atomic E-state index is 11.1. The van der Waals surface area contributed by atoms with Crippen LogP contribution < -0.4 is 5.32 Å². The van der Waals surface area contributed by atoms with Crippen LogP contribution in [0.1, 0.15) is 21.7 Å². The molecule has 1 aromatic carbocycles. The van der Waals surface area contributed by atoms with E-state index >= 15 is 0 Å². The van der Waals surface area contributed by atoms with Crippen molar-refractivity contribution in [1.29, 1.82) is 0 Å². The molecule has 2 rings (SSSR count). The zero-order chi connectivity index (χ0) is 14.0. The second-order valence-electron chi connectivity index (χ2n) is 4.05. The lowest BCUT2D eigenvalue weighted by atomic mass is 10.2. The van der Waals surface area contributed by atoms with Gasteiger partial charge in [0.25, 0.3) is 0 Å². The fourth-order valence-electron chi connectivity index (χ4n) is 1.60. The molecule has 0 aliphatic carbocycles. The number of anilines is 2. The second kappa shape index (κ2) is 5.55. The maximum Gasteiger partial charge on any atom is 0.156 e. The summed E-state index contributed by atoms with van der Waals surface area (Å²) in [5.41, 5.74) is 1.91. The minimum Gasteiger partial charge on any atom is -0.338 e. The SMILES string of the molecule is Cc1ccc(Nc2nc(C)nc(Cl)c2C=O)c(Cl)c1. The van der Waals surface area contributed by atoms with Gasteiger partial charge in [0.05, 0.1) is 16.3 Å². The van der Waals surface area contributed by atoms with E-state index < -0.39 is 0 Å². The Morgan fingerprint density at radius 3 is 2.58 bits per heavy atom. The first-order valence-electron chi connectivity index (χ1n) is 5.53. The summed E-state index contributed by atoms with van der Waals surface area (Å²) in [6.07, 6.45) is 0.617. The third-order valence-corrected chi connectivity index (χ3v) is 3.11. The summed E-state index contributed by atoms with van der Waals surface area (Å²) < 4.78 is 0. The molecule has 19 heavy (non-hydrogen) atoms. The average Bonchev–Trinajstić information content (AvgIpc) is 2.32. The summed E-state index contributed by atoms with van der Waals surface area (Å²) >= 11 is 12.0. The van der Waals surface area contributed by atoms with Crippen LogP contribution in [0.25, 0.3) is 0 Å². The van der Waals surface area contributed by atoms with E-state index in [1.165, 1.54) is 0 Å². The predicted molar refractivity (Wildman–Crippen MR) is 76.6 cm³/mol. The Morgan fingerprint density at radius 2 is 1.95 bits per heavy atom. The van der Waals surface area contributed by atoms with Gasteiger partial charge in [-0.05, 0) is 31.5 Å². The van der Waals surface area contributed by atoms with Crippen LogP contribution in [-0.2, 0) is 0 Å². The molecule has 0 aliphatic heterocycles. The molecule has 1 aromatic heterocycles. The van der Waals surface area contributed by atoms with Gasteiger partial charge in [-0.1, -0.05) is 29.3 Å². The van der Waals surface area contributed by atoms with Gasteiger partial charge in [0, 0.05) is 0 Å². The Morgan fingerprint density at radius 1 is 1.21 bits per heavy atom. The summed E-state index contributed by atoms with van der Waals surface area (Å²) in [4.78, 5) is 19.2. The number of hydrogen-bond donors (Lipinski definition) is 1. The summed E-state index contributed by atoms with van der Waals surface area (Å²) in [6.45, 7) is 3.64. The fraction of sp³-hybridized carbons (Fsp3) is 0.154. The fourth-order valence-corrected chi connectivity index (χ4v) is 2.13. The van der Waals surface area contributed by atoms with Crippen molar-refractivity contribution in [3.63, 3.8) is 0 Å². The molecule has 0 bridgehead atoms. The molecule has 4 nitrogen and oxygen atoms in total. The molecule has 0 unspecified atom stereocenters. The average molecular weight is 296 g/mol. The molecule has 1 N–H and O–H groups in total. The molecule has 0 saturated heterocycles. The number of halogens is 2. The van der Waals surface area contributed by atoms with Crippen LogP contribution in [-0.4, -0.2) is 16.3 Å². The molecular formula is C13H11Cl2N3O. The number of rotatable bonds is 3. The van der Waals surface area contributed by atoms with Crippen LogP contribution in [0.5, 0.6) is 0 Å². The van der Waals surface area contributed by atoms with Crippen molar-refractivity contribution in [2.75, 3.05) is 5.32 Å². The van der Waals surface area contributed by atoms with Crippen molar-refractivity contribution in [2.24, 2.45) is 0 Å². The van der Waals surface area contributed by atoms with Crippen LogP contribution in [0, 0.1) is 13.8 Å². The van der Waals surface area contributed by atoms with Crippen molar-refractivity contribution >= 4 is 41.0 Å². The highest BCUT2D eigenvalue weighted by Crippen LogP contribution is 2.28. The van der Waals surface area contributed by atoms with Crippen LogP contribution >= 0.6 is 23.2 Å². The van der Waals surface area contributed by atoms with Crippen LogP contribution in [0.4, 0.5) is 11.5 Å². The Kier molecular flexibility index (Phi) is 4.02. The number of aromatic nitrogens is 2. The Labute approximate surface area is 120 Å². The molecule has 98 valence electrons. The predicted octanol–water partition coefficient (Wildman–Crippen LogP) is 3.96. The number of nitrogens with zero attached hydrogens (tertiary/aromatic N) is 2. The Hall–Kier alpha value is -1.65. The minimum atomic E-state index is 0.119. The molecule has 1 heterocycles. The second-order valence-corrected chi connectivity index (χ2v) is 4.82. The molecular weight excluding hydrogens is 285 g/mol. The van der Waals surface area contributed by atoms with Crippen molar-refractivity contribution < 1.29 is 4.79 Å². The lowest BCUT2D eigenvalue weighted by molar-refractivity contribution is 0.112. The number of hydrogen-bond acceptors (Lipinski definition) is 4. The first-order valence-corrected chi connectivity index (χ1v) is 6.29. The molecule has 0 radical (unpaired) electrons. The molecule has 0 saturated carbocycles. The largest absolute Gasteiger partial charge is 0.338 e. The van der Waals surface area contributed by atoms with Crippen molar-refractivity contribution in [2.45, 2.75) is 13.8 Å². The molecule has 2 aromatic rings. The first-order chi connectivity index (χ1) is 9.01. The van der Waals surface area contributed by atoms with E-state index in [1.54, 1.807) is 6.92 Å². The lowest BCUT2D eigenvalue weighted by Gasteiger charge is -2.11. The number of aldehydes is 1. The van der Waals surface area contributed by atoms with Gasteiger partial charge in [0.1, 0.15) is 16.8 Å². The van der Waals surface area contributed by atoms with E-state index in [9.17, 15) is 4.79 Å². The van der Waals surface area contributed by atoms with E-state index in [4.69, 9.17) is 23.2 Å². The highest BCUT2D eigenvalue weighted by Gasteiger charge is 2.12. The zero-order valence-electron chi connectivity index (χ0n) is 10.4. The first kappa shape index (κ1) is 13.8. The van der Waals surface area contributed by atoms with Crippen LogP contribution in [0.2, 0.25) is 10.2 Å². The molecule has 6 heteroatoms. The van der Waals surface area contributed by atoms with Gasteiger partial charge in [0.2, 0.25) is 0 Å². The van der Waals surface area contributed by atoms with Gasteiger partial charge >= 0.3 is 0 Å². The van der Waals surface area contributed by atoms with Gasteiger partial charge in [-0.15, -0.1) is 0 Å². The maximum atomic E-state index is 11.1. The third kappa shape index (κ3) is 3.03. The highest BCUT2D eigenvalue weighted by molar-refractivity contribution is 6.34. The summed E-state index contributed by atoms with van der Waals surface area (Å²) in [5, 5.41) is 3.67. The topological polar surface area (TPSA) is 54.9 Å². The molecule has 0 amide bonds. The zero-order valence-corrected chi connectivity index (χ0v) is 11.9. The standard InChI is InChI=1S/C13H11Cl2N3O/c1-7-3-4-11(10(14)5-7)18-13-9(6-19)12(15)16-8(2)17-13/h3-6H,1-2H3,(H,16,17,18). The van der Waals surface area contributed by atoms with Crippen molar-refractivity contribution in [3.8, 4) is 0 Å². The molecule has 0 fully saturated rings. The van der Waals surface area contributed by atoms with Crippen LogP contribution in [0.15, 0.2) is 18.2 Å². The third-order valence-electron chi connectivity index (χ3n) is 2.51. The number of nitrogens with one attached hydrogen (secondary N) is 1. The van der Waals surface area contributed by atoms with Gasteiger partial charge in [-0.25, -0.2) is 9.97 Å². The quantitative estimate of drug-likeness (QED) is 0.688. The van der Waals surface area contributed by atoms with E-state index in [0.29, 0.717) is 28.6 Å². The molecule has 0 atom stereocenters. The van der Waals surface area contributed by atoms with E-state index in [0.717, 1.165) is 5.56 Å². The lowest BCUT2D eigenvalue weighted by Crippen LogP contribution is -2.03. The van der Waals surface area contributed by atoms with Crippen LogP contribution in [0.3, 0.4) is 0 Å². The number of carbonyl (C=O) groups is 1. The molecule has 0 spiro atoms. The summed E-state index contributed by atoms with van der Waals surface area (Å²) in [5.74, 6) is 0.819. The number of benzene rings is 1. The summed E-state index contributed by atoms with van der Waals surface area (Å²) in [6, 6.07) is 5.54. The molecule has 0 aliphatic rings. The van der Waals surface area contributed by atoms with E-state index in [-0.39, 0.29) is 10.7 Å². The highest BCUT2D eigenvalue weighted by atomic mass is 35.5. The van der Waals surface area contributed by atoms with Crippen molar-refractivity contribution in [1.82, 2.24) is 9.97 Å². The number of aryl methyl sites for hydroxylation is 2. The Balaban J connectivity index is 2.45. The summed E-state index contributed by atoms with van der Waals surface area (Å²) in [7, 11) is 0. The monoisotopic (exact) mass is 295 g/mol. The van der Waals surface area contributed by atoms with E-state index in [2.05, 4.69) is 15.3 Å². The smallest absolute Gasteiger partial charge is 0.156 e. The van der Waals surface area contributed by atoms with Crippen molar-refractivity contribution in [3.05, 3.63) is 45.3 Å². The van der Waals surface area contributed by atoms with Gasteiger partial charge in [0.15, 0.2) is 6.29 Å². The van der Waals surface area contributed by atoms with Gasteiger partial charge < -0.3 is 5.32 Å².